The van der Waals surface area contributed by atoms with Crippen molar-refractivity contribution in [1.29, 1.82) is 0 Å². The lowest BCUT2D eigenvalue weighted by Crippen LogP contribution is -2.42. The van der Waals surface area contributed by atoms with Crippen LogP contribution in [-0.2, 0) is 9.53 Å². The number of aliphatic hydroxyl groups is 1. The number of ether oxygens (including phenoxy) is 1. The summed E-state index contributed by atoms with van der Waals surface area (Å²) in [4.78, 5) is 11.2. The van der Waals surface area contributed by atoms with E-state index in [1.54, 1.807) is 6.92 Å². The Balaban J connectivity index is 4.16. The average molecular weight is 219 g/mol. The fourth-order valence-corrected chi connectivity index (χ4v) is 2.32. The molecule has 1 unspecified atom stereocenters. The van der Waals surface area contributed by atoms with Gasteiger partial charge in [0.1, 0.15) is 0 Å². The van der Waals surface area contributed by atoms with Crippen LogP contribution in [-0.4, -0.2) is 51.8 Å². The minimum Gasteiger partial charge on any atom is -0.469 e. The summed E-state index contributed by atoms with van der Waals surface area (Å²) >= 11 is 0. The third-order valence-corrected chi connectivity index (χ3v) is 3.72. The minimum atomic E-state index is -0.347. The number of esters is 1. The number of rotatable bonds is 5. The molecule has 0 saturated carbocycles. The second-order valence-electron chi connectivity index (χ2n) is 3.84. The van der Waals surface area contributed by atoms with E-state index < -0.39 is 0 Å². The first-order chi connectivity index (χ1) is 6.40. The molecule has 0 heterocycles. The quantitative estimate of drug-likeness (QED) is 0.483. The molecule has 4 nitrogen and oxygen atoms in total. The van der Waals surface area contributed by atoms with Gasteiger partial charge in [0.25, 0.3) is 0 Å². The van der Waals surface area contributed by atoms with Crippen LogP contribution in [0, 0.1) is 5.92 Å². The Bertz CT molecular complexity index is 187. The Morgan fingerprint density at radius 1 is 1.50 bits per heavy atom. The highest BCUT2D eigenvalue weighted by Gasteiger charge is 2.24. The van der Waals surface area contributed by atoms with Gasteiger partial charge in [0.2, 0.25) is 0 Å². The van der Waals surface area contributed by atoms with E-state index in [4.69, 9.17) is 0 Å². The molecule has 14 heavy (non-hydrogen) atoms. The van der Waals surface area contributed by atoms with Crippen LogP contribution in [0.25, 0.3) is 0 Å². The molecule has 0 amide bonds. The van der Waals surface area contributed by atoms with Gasteiger partial charge in [-0.25, -0.2) is 0 Å². The molecule has 0 aromatic rings. The highest BCUT2D eigenvalue weighted by Crippen LogP contribution is 2.10. The third-order valence-electron chi connectivity index (χ3n) is 2.54. The SMILES string of the molecule is COC(=O)[C@H](C)C(C)N([SiH3])C[C@@H](C)O. The summed E-state index contributed by atoms with van der Waals surface area (Å²) in [6.45, 7) is 6.20. The molecular formula is C9H21NO3Si. The van der Waals surface area contributed by atoms with Crippen LogP contribution in [0.5, 0.6) is 0 Å². The summed E-state index contributed by atoms with van der Waals surface area (Å²) < 4.78 is 6.77. The number of aliphatic hydroxyl groups excluding tert-OH is 1. The Kier molecular flexibility index (Phi) is 5.99. The van der Waals surface area contributed by atoms with Gasteiger partial charge in [0.15, 0.2) is 0 Å². The Labute approximate surface area is 88.7 Å². The van der Waals surface area contributed by atoms with Gasteiger partial charge in [-0.3, -0.25) is 4.79 Å². The van der Waals surface area contributed by atoms with Crippen LogP contribution in [0.4, 0.5) is 0 Å². The van der Waals surface area contributed by atoms with E-state index in [9.17, 15) is 9.90 Å². The zero-order chi connectivity index (χ0) is 11.3. The maximum Gasteiger partial charge on any atom is 0.309 e. The van der Waals surface area contributed by atoms with Crippen LogP contribution in [0.2, 0.25) is 0 Å². The van der Waals surface area contributed by atoms with Crippen molar-refractivity contribution in [3.63, 3.8) is 0 Å². The molecule has 0 radical (unpaired) electrons. The van der Waals surface area contributed by atoms with Crippen molar-refractivity contribution >= 4 is 16.4 Å². The van der Waals surface area contributed by atoms with E-state index in [1.165, 1.54) is 7.11 Å². The molecule has 0 spiro atoms. The van der Waals surface area contributed by atoms with Crippen LogP contribution in [0.15, 0.2) is 0 Å². The Hall–Kier alpha value is -0.393. The number of hydrogen-bond acceptors (Lipinski definition) is 4. The summed E-state index contributed by atoms with van der Waals surface area (Å²) in [5.74, 6) is -0.333. The lowest BCUT2D eigenvalue weighted by Gasteiger charge is -2.29. The molecule has 0 saturated heterocycles. The first kappa shape index (κ1) is 13.6. The smallest absolute Gasteiger partial charge is 0.309 e. The van der Waals surface area contributed by atoms with E-state index in [-0.39, 0.29) is 24.0 Å². The predicted octanol–water partition coefficient (Wildman–Crippen LogP) is -0.853. The second-order valence-corrected chi connectivity index (χ2v) is 4.99. The van der Waals surface area contributed by atoms with Gasteiger partial charge >= 0.3 is 5.97 Å². The van der Waals surface area contributed by atoms with Crippen LogP contribution in [0.3, 0.4) is 0 Å². The maximum atomic E-state index is 11.2. The Morgan fingerprint density at radius 2 is 2.00 bits per heavy atom. The van der Waals surface area contributed by atoms with Crippen LogP contribution >= 0.6 is 0 Å². The lowest BCUT2D eigenvalue weighted by atomic mass is 10.0. The average Bonchev–Trinajstić information content (AvgIpc) is 2.13. The van der Waals surface area contributed by atoms with E-state index in [0.29, 0.717) is 6.54 Å². The number of carbonyl (C=O) groups is 1. The topological polar surface area (TPSA) is 49.8 Å². The number of hydrogen-bond donors (Lipinski definition) is 1. The van der Waals surface area contributed by atoms with Crippen molar-refractivity contribution in [3.8, 4) is 0 Å². The molecule has 3 atom stereocenters. The van der Waals surface area contributed by atoms with Crippen LogP contribution in [0.1, 0.15) is 20.8 Å². The first-order valence-corrected chi connectivity index (χ1v) is 5.75. The van der Waals surface area contributed by atoms with Gasteiger partial charge in [-0.2, -0.15) is 0 Å². The van der Waals surface area contributed by atoms with Gasteiger partial charge in [-0.15, -0.1) is 0 Å². The van der Waals surface area contributed by atoms with Gasteiger partial charge in [-0.05, 0) is 13.8 Å². The van der Waals surface area contributed by atoms with E-state index >= 15 is 0 Å². The molecule has 0 aliphatic carbocycles. The van der Waals surface area contributed by atoms with E-state index in [0.717, 1.165) is 10.4 Å². The highest BCUT2D eigenvalue weighted by molar-refractivity contribution is 6.04. The largest absolute Gasteiger partial charge is 0.469 e. The first-order valence-electron chi connectivity index (χ1n) is 4.86. The molecule has 0 rings (SSSR count). The van der Waals surface area contributed by atoms with Crippen molar-refractivity contribution in [2.45, 2.75) is 32.9 Å². The van der Waals surface area contributed by atoms with Gasteiger partial charge < -0.3 is 14.4 Å². The predicted molar refractivity (Wildman–Crippen MR) is 59.0 cm³/mol. The van der Waals surface area contributed by atoms with Crippen molar-refractivity contribution in [2.75, 3.05) is 13.7 Å². The third kappa shape index (κ3) is 4.21. The fraction of sp³-hybridized carbons (Fsp3) is 0.889. The zero-order valence-corrected chi connectivity index (χ0v) is 11.7. The summed E-state index contributed by atoms with van der Waals surface area (Å²) in [5.41, 5.74) is 0. The molecule has 0 aliphatic rings. The molecule has 0 fully saturated rings. The molecule has 5 heteroatoms. The number of carbonyl (C=O) groups excluding carboxylic acids is 1. The molecule has 84 valence electrons. The molecule has 0 aromatic carbocycles. The minimum absolute atomic E-state index is 0.128. The standard InChI is InChI=1S/C9H21NO3Si/c1-6(11)5-10(14)8(3)7(2)9(12)13-4/h6-8,11H,5H2,1-4,14H3/t6-,7-,8?/m1/s1. The van der Waals surface area contributed by atoms with Crippen molar-refractivity contribution < 1.29 is 14.6 Å². The van der Waals surface area contributed by atoms with Gasteiger partial charge in [-0.1, -0.05) is 6.92 Å². The number of methoxy groups -OCH3 is 1. The summed E-state index contributed by atoms with van der Waals surface area (Å²) in [5, 5.41) is 9.21. The molecule has 0 aromatic heterocycles. The van der Waals surface area contributed by atoms with Gasteiger partial charge in [0, 0.05) is 12.6 Å². The highest BCUT2D eigenvalue weighted by atomic mass is 28.2. The molecule has 0 bridgehead atoms. The summed E-state index contributed by atoms with van der Waals surface area (Å²) in [7, 11) is 2.23. The normalized spacial score (nSPS) is 17.9. The maximum absolute atomic E-state index is 11.2. The van der Waals surface area contributed by atoms with Gasteiger partial charge in [0.05, 0.1) is 29.5 Å². The fourth-order valence-electron chi connectivity index (χ4n) is 1.35. The zero-order valence-electron chi connectivity index (χ0n) is 9.65. The van der Waals surface area contributed by atoms with Crippen molar-refractivity contribution in [3.05, 3.63) is 0 Å². The van der Waals surface area contributed by atoms with Crippen molar-refractivity contribution in [2.24, 2.45) is 5.92 Å². The molecule has 0 aliphatic heterocycles. The number of nitrogens with zero attached hydrogens (tertiary/aromatic N) is 1. The lowest BCUT2D eigenvalue weighted by molar-refractivity contribution is -0.146. The monoisotopic (exact) mass is 219 g/mol. The summed E-state index contributed by atoms with van der Waals surface area (Å²) in [6.07, 6.45) is -0.347. The van der Waals surface area contributed by atoms with E-state index in [1.807, 2.05) is 13.8 Å². The van der Waals surface area contributed by atoms with E-state index in [2.05, 4.69) is 9.30 Å². The Morgan fingerprint density at radius 3 is 2.36 bits per heavy atom. The summed E-state index contributed by atoms with van der Waals surface area (Å²) in [6, 6.07) is 0.128. The molecule has 1 N–H and O–H groups in total. The second kappa shape index (κ2) is 6.16. The van der Waals surface area contributed by atoms with Crippen LogP contribution < -0.4 is 0 Å². The molecular weight excluding hydrogens is 198 g/mol. The van der Waals surface area contributed by atoms with Crippen molar-refractivity contribution in [1.82, 2.24) is 4.57 Å².